The molecule has 86 heavy (non-hydrogen) atoms. The second-order valence-corrected chi connectivity index (χ2v) is 17.6. The number of benzene rings is 3. The van der Waals surface area contributed by atoms with Gasteiger partial charge in [0.05, 0.1) is 17.8 Å². The Hall–Kier alpha value is -9.18. The molecule has 0 saturated heterocycles. The minimum absolute atomic E-state index is 0. The molecule has 6 aromatic rings. The maximum Gasteiger partial charge on any atom is 0.340 e. The van der Waals surface area contributed by atoms with Gasteiger partial charge in [0.25, 0.3) is 0 Å². The number of hydrazine groups is 2. The number of aliphatic hydroxyl groups excluding tert-OH is 1. The molecule has 0 spiro atoms. The number of carbonyl (C=O) groups is 9. The number of hydrogen-bond donors (Lipinski definition) is 6. The van der Waals surface area contributed by atoms with Crippen LogP contribution in [0.25, 0.3) is 0 Å². The van der Waals surface area contributed by atoms with Crippen LogP contribution in [0.15, 0.2) is 133 Å². The van der Waals surface area contributed by atoms with E-state index in [-0.39, 0.29) is 83.1 Å². The molecule has 11 N–H and O–H groups in total. The van der Waals surface area contributed by atoms with Crippen molar-refractivity contribution in [2.45, 2.75) is 84.9 Å². The zero-order valence-electron chi connectivity index (χ0n) is 50.2. The summed E-state index contributed by atoms with van der Waals surface area (Å²) >= 11 is 0. The van der Waals surface area contributed by atoms with Gasteiger partial charge < -0.3 is 41.1 Å². The van der Waals surface area contributed by atoms with Crippen LogP contribution in [0.1, 0.15) is 121 Å². The van der Waals surface area contributed by atoms with Gasteiger partial charge in [0, 0.05) is 86.9 Å². The number of rotatable bonds is 13. The first kappa shape index (κ1) is 76.8. The molecular formula is C60H76BF3N10O12. The maximum atomic E-state index is 12.7. The number of aryl methyl sites for hydroxylation is 1. The summed E-state index contributed by atoms with van der Waals surface area (Å²) in [5.41, 5.74) is 14.6. The molecule has 26 heteroatoms. The number of hydrogen-bond acceptors (Lipinski definition) is 21. The van der Waals surface area contributed by atoms with Gasteiger partial charge in [-0.2, -0.15) is 0 Å². The van der Waals surface area contributed by atoms with Gasteiger partial charge in [0.15, 0.2) is 40.8 Å². The van der Waals surface area contributed by atoms with Gasteiger partial charge in [0.1, 0.15) is 35.8 Å². The fourth-order valence-electron chi connectivity index (χ4n) is 6.01. The van der Waals surface area contributed by atoms with Gasteiger partial charge in [-0.05, 0) is 113 Å². The van der Waals surface area contributed by atoms with Crippen LogP contribution >= 0.6 is 0 Å². The lowest BCUT2D eigenvalue weighted by Crippen LogP contribution is -2.28. The van der Waals surface area contributed by atoms with E-state index in [1.807, 2.05) is 71.1 Å². The molecule has 0 aliphatic heterocycles. The van der Waals surface area contributed by atoms with Crippen molar-refractivity contribution in [1.29, 1.82) is 1.34 Å². The predicted octanol–water partition coefficient (Wildman–Crippen LogP) is 6.23. The van der Waals surface area contributed by atoms with Gasteiger partial charge in [0.2, 0.25) is 6.10 Å². The number of esters is 1. The molecule has 0 atom stereocenters. The summed E-state index contributed by atoms with van der Waals surface area (Å²) < 4.78 is 46.3. The number of aromatic nitrogens is 3. The molecule has 2 fully saturated rings. The van der Waals surface area contributed by atoms with Crippen molar-refractivity contribution < 1.29 is 71.6 Å². The standard InChI is InChI=1S/C16H15FN2O.C11H11N3O4.C8H11N3O.C8H8O.C7H5FO.C5H6O3.C3H9N.CH4BF.CH5N.H2O/c1-2-16(20)13-5-8-15(19-10-13)11-18-9-12-3-6-14(17)7-4-12;12-14-9-4-1-6(5-13-9)11(17)18-10-7(15)2-3-8(10)16;1-2-7(12)6-3-4-8(11-9)10-5-6;1-7-2-4-8(6-9)5-3-7;8-7-3-1-6(5-9)2-4-7;6-3-1-2-4(7)5(3)8;1-4(2)3;1-2-3;1-2;/h3-10H,2,11H2,1H3;1,4-5,10H,2-3,12H2,(H,13,14);3-5H,2,9H2,1H3,(H,10,11);2-6H,1H3;1-5H;5,8H,1-2H2;1-3H3;2H,1H3;2H2,1H3;1H2/i17-1;;;;8-1;;;2T;;. The lowest BCUT2D eigenvalue weighted by molar-refractivity contribution is -0.134. The van der Waals surface area contributed by atoms with E-state index in [9.17, 15) is 56.2 Å². The number of pyridine rings is 3. The Morgan fingerprint density at radius 1 is 0.663 bits per heavy atom. The number of nitrogens with zero attached hydrogens (tertiary/aromatic N) is 5. The largest absolute Gasteiger partial charge is 0.443 e. The van der Waals surface area contributed by atoms with E-state index in [2.05, 4.69) is 36.5 Å². The van der Waals surface area contributed by atoms with E-state index in [0.717, 1.165) is 23.1 Å². The Balaban J connectivity index is 0. The van der Waals surface area contributed by atoms with Crippen molar-refractivity contribution in [3.63, 3.8) is 0 Å². The number of aldehydes is 2. The third-order valence-electron chi connectivity index (χ3n) is 10.4. The SMILES string of the molecule is CCC(=O)c1ccc(CN=Cc2ccc([18F])cc2)nc1.CCC(=O)c1ccc(NN)nc1.CN.CN(C)C.Cc1ccc(C=O)cc1.NNc1ccc(C(=O)OC2C(=O)CCC2=O)cn1.O.O=C1CCC(=O)C1O.O=Cc1ccc([18F])cc1.[3H]B(C)F. The Morgan fingerprint density at radius 3 is 1.35 bits per heavy atom. The number of nitrogens with one attached hydrogen (secondary N) is 2. The molecule has 22 nitrogen and oxygen atoms in total. The van der Waals surface area contributed by atoms with Gasteiger partial charge in [-0.1, -0.05) is 62.6 Å². The van der Waals surface area contributed by atoms with Crippen LogP contribution < -0.4 is 28.3 Å². The number of ether oxygens (including phenoxy) is 1. The number of aliphatic hydroxyl groups is 1. The summed E-state index contributed by atoms with van der Waals surface area (Å²) in [7, 11) is 6.08. The molecule has 0 unspecified atom stereocenters. The monoisotopic (exact) mass is 1200 g/mol. The summed E-state index contributed by atoms with van der Waals surface area (Å²) in [5.74, 6) is 8.63. The predicted molar refractivity (Wildman–Crippen MR) is 325 cm³/mol. The third kappa shape index (κ3) is 33.2. The molecule has 2 aliphatic rings. The Morgan fingerprint density at radius 2 is 1.02 bits per heavy atom. The summed E-state index contributed by atoms with van der Waals surface area (Å²) in [5, 5.41) is 8.57. The van der Waals surface area contributed by atoms with E-state index in [0.29, 0.717) is 54.0 Å². The fourth-order valence-corrected chi connectivity index (χ4v) is 6.01. The Labute approximate surface area is 500 Å². The molecule has 3 aromatic carbocycles. The number of anilines is 2. The number of nitrogen functional groups attached to an aromatic ring is 2. The summed E-state index contributed by atoms with van der Waals surface area (Å²) in [4.78, 5) is 116. The zero-order chi connectivity index (χ0) is 65.1. The highest BCUT2D eigenvalue weighted by Gasteiger charge is 2.36. The van der Waals surface area contributed by atoms with Gasteiger partial charge in [-0.15, -0.1) is 0 Å². The van der Waals surface area contributed by atoms with Crippen molar-refractivity contribution in [3.8, 4) is 0 Å². The summed E-state index contributed by atoms with van der Waals surface area (Å²) in [6, 6.07) is 28.8. The average Bonchev–Trinajstić information content (AvgIpc) is 4.26. The van der Waals surface area contributed by atoms with Crippen LogP contribution in [0.2, 0.25) is 6.82 Å². The first-order valence-electron chi connectivity index (χ1n) is 26.6. The Kier molecular flexibility index (Phi) is 41.3. The maximum absolute atomic E-state index is 12.7. The normalized spacial score (nSPS) is 12.0. The number of aliphatic imine (C=N–C) groups is 1. The zero-order valence-corrected chi connectivity index (χ0v) is 49.2. The highest BCUT2D eigenvalue weighted by atomic mass is 19.1. The first-order valence-corrected chi connectivity index (χ1v) is 26.0. The van der Waals surface area contributed by atoms with Crippen molar-refractivity contribution >= 4 is 78.6 Å². The Bertz CT molecular complexity index is 2950. The quantitative estimate of drug-likeness (QED) is 0.0109. The molecule has 0 bridgehead atoms. The lowest BCUT2D eigenvalue weighted by atomic mass is 10.1. The molecule has 2 saturated carbocycles. The third-order valence-corrected chi connectivity index (χ3v) is 10.4. The van der Waals surface area contributed by atoms with E-state index < -0.39 is 25.7 Å². The molecule has 462 valence electrons. The molecule has 2 aliphatic carbocycles. The molecule has 0 amide bonds. The second-order valence-electron chi connectivity index (χ2n) is 17.6. The molecule has 8 rings (SSSR count). The summed E-state index contributed by atoms with van der Waals surface area (Å²) in [6.45, 7) is 7.23. The van der Waals surface area contributed by atoms with Crippen molar-refractivity contribution in [3.05, 3.63) is 184 Å². The van der Waals surface area contributed by atoms with Gasteiger partial charge >= 0.3 is 13.5 Å². The molecular weight excluding hydrogens is 1120 g/mol. The first-order chi connectivity index (χ1) is 40.9. The smallest absolute Gasteiger partial charge is 0.340 e. The van der Waals surface area contributed by atoms with E-state index in [1.54, 1.807) is 48.8 Å². The number of ketones is 6. The van der Waals surface area contributed by atoms with Crippen LogP contribution in [0.3, 0.4) is 0 Å². The van der Waals surface area contributed by atoms with Crippen LogP contribution in [0.4, 0.5) is 24.7 Å². The van der Waals surface area contributed by atoms with Crippen LogP contribution in [0.5, 0.6) is 0 Å². The number of halogens is 3. The van der Waals surface area contributed by atoms with E-state index in [1.165, 1.54) is 80.4 Å². The molecule has 3 heterocycles. The van der Waals surface area contributed by atoms with Crippen LogP contribution in [0, 0.1) is 18.6 Å². The minimum atomic E-state index is -1.42. The van der Waals surface area contributed by atoms with Crippen molar-refractivity contribution in [2.24, 2.45) is 22.4 Å². The number of carbonyl (C=O) groups excluding carboxylic acids is 9. The lowest BCUT2D eigenvalue weighted by Gasteiger charge is -2.09. The summed E-state index contributed by atoms with van der Waals surface area (Å²) in [6.07, 6.45) is 6.67. The molecule has 0 radical (unpaired) electrons. The van der Waals surface area contributed by atoms with E-state index in [4.69, 9.17) is 22.9 Å². The van der Waals surface area contributed by atoms with Gasteiger partial charge in [-0.3, -0.25) is 48.3 Å². The highest BCUT2D eigenvalue weighted by molar-refractivity contribution is 6.23. The number of nitrogens with two attached hydrogens (primary N) is 3. The van der Waals surface area contributed by atoms with Crippen molar-refractivity contribution in [1.82, 2.24) is 19.9 Å². The average molecular weight is 1200 g/mol. The van der Waals surface area contributed by atoms with Crippen molar-refractivity contribution in [2.75, 3.05) is 39.0 Å². The van der Waals surface area contributed by atoms with Gasteiger partial charge in [-0.25, -0.2) is 35.2 Å². The van der Waals surface area contributed by atoms with E-state index >= 15 is 0 Å². The highest BCUT2D eigenvalue weighted by Crippen LogP contribution is 2.17. The topological polar surface area (TPSA) is 371 Å². The fraction of sp³-hybridized carbons (Fsp3) is 0.283. The second kappa shape index (κ2) is 46.2. The van der Waals surface area contributed by atoms with Crippen LogP contribution in [-0.4, -0.2) is 139 Å². The minimum Gasteiger partial charge on any atom is -0.443 e. The molecule has 3 aromatic heterocycles. The van der Waals surface area contributed by atoms with Crippen LogP contribution in [-0.2, 0) is 30.5 Å². The number of Topliss-reactive ketones (excluding diaryl/α,β-unsaturated/α-hetero) is 6.